The van der Waals surface area contributed by atoms with Crippen LogP contribution in [0.15, 0.2) is 40.0 Å². The van der Waals surface area contributed by atoms with Crippen LogP contribution in [0, 0.1) is 17.0 Å². The number of pyridine rings is 1. The average Bonchev–Trinajstić information content (AvgIpc) is 2.96. The minimum Gasteiger partial charge on any atom is -0.331 e. The van der Waals surface area contributed by atoms with E-state index in [1.807, 2.05) is 13.0 Å². The molecule has 1 unspecified atom stereocenters. The summed E-state index contributed by atoms with van der Waals surface area (Å²) in [5.74, 6) is -0.277. The summed E-state index contributed by atoms with van der Waals surface area (Å²) in [5.41, 5.74) is 2.49. The van der Waals surface area contributed by atoms with Gasteiger partial charge in [0.1, 0.15) is 0 Å². The molecule has 26 heavy (non-hydrogen) atoms. The number of carbonyl (C=O) groups is 1. The first-order valence-electron chi connectivity index (χ1n) is 7.58. The van der Waals surface area contributed by atoms with Crippen molar-refractivity contribution in [1.82, 2.24) is 15.0 Å². The van der Waals surface area contributed by atoms with E-state index in [-0.39, 0.29) is 11.6 Å². The monoisotopic (exact) mass is 435 g/mol. The molecular weight excluding hydrogens is 422 g/mol. The number of aromatic amines is 1. The lowest BCUT2D eigenvalue weighted by Gasteiger charge is -2.10. The van der Waals surface area contributed by atoms with Crippen molar-refractivity contribution in [2.75, 3.05) is 5.32 Å². The molecule has 1 atom stereocenters. The number of H-pyrrole nitrogens is 1. The molecule has 0 bridgehead atoms. The zero-order valence-electron chi connectivity index (χ0n) is 13.8. The van der Waals surface area contributed by atoms with E-state index in [0.29, 0.717) is 16.5 Å². The van der Waals surface area contributed by atoms with Crippen molar-refractivity contribution in [1.29, 1.82) is 0 Å². The fourth-order valence-corrected chi connectivity index (χ4v) is 3.33. The van der Waals surface area contributed by atoms with Crippen LogP contribution in [0.4, 0.5) is 11.4 Å². The van der Waals surface area contributed by atoms with Crippen LogP contribution in [0.3, 0.4) is 0 Å². The summed E-state index contributed by atoms with van der Waals surface area (Å²) in [6.45, 7) is 3.61. The molecule has 2 aromatic heterocycles. The molecule has 8 nitrogen and oxygen atoms in total. The third kappa shape index (κ3) is 4.02. The smallest absolute Gasteiger partial charge is 0.271 e. The third-order valence-corrected chi connectivity index (χ3v) is 5.35. The second-order valence-electron chi connectivity index (χ2n) is 5.53. The van der Waals surface area contributed by atoms with Crippen molar-refractivity contribution in [3.05, 3.63) is 50.6 Å². The number of non-ortho nitro benzene ring substituents is 1. The molecular formula is C16H14BrN5O3S. The lowest BCUT2D eigenvalue weighted by Crippen LogP contribution is -2.22. The molecule has 10 heteroatoms. The van der Waals surface area contributed by atoms with E-state index in [2.05, 4.69) is 36.2 Å². The topological polar surface area (TPSA) is 114 Å². The second kappa shape index (κ2) is 7.42. The first-order valence-corrected chi connectivity index (χ1v) is 9.25. The number of aryl methyl sites for hydroxylation is 1. The Bertz CT molecular complexity index is 968. The van der Waals surface area contributed by atoms with Gasteiger partial charge in [-0.1, -0.05) is 17.8 Å². The van der Waals surface area contributed by atoms with Crippen LogP contribution < -0.4 is 5.32 Å². The summed E-state index contributed by atoms with van der Waals surface area (Å²) in [5, 5.41) is 13.6. The molecule has 2 N–H and O–H groups in total. The number of nitrogens with zero attached hydrogens (tertiary/aromatic N) is 3. The van der Waals surface area contributed by atoms with Gasteiger partial charge >= 0.3 is 0 Å². The summed E-state index contributed by atoms with van der Waals surface area (Å²) >= 11 is 4.67. The number of imidazole rings is 1. The Balaban J connectivity index is 1.71. The summed E-state index contributed by atoms with van der Waals surface area (Å²) in [6, 6.07) is 7.71. The highest BCUT2D eigenvalue weighted by Crippen LogP contribution is 2.26. The number of nitro groups is 1. The number of anilines is 1. The standard InChI is InChI=1S/C16H14BrN5O3S/c1-8-12(17)7-13-14(18-8)21-16(20-13)26-9(2)15(23)19-10-4-3-5-11(6-10)22(24)25/h3-7,9H,1-2H3,(H,19,23)(H,18,20,21). The molecule has 3 rings (SSSR count). The van der Waals surface area contributed by atoms with Gasteiger partial charge in [-0.05, 0) is 41.9 Å². The maximum Gasteiger partial charge on any atom is 0.271 e. The highest BCUT2D eigenvalue weighted by Gasteiger charge is 2.18. The number of rotatable bonds is 5. The number of thioether (sulfide) groups is 1. The van der Waals surface area contributed by atoms with Gasteiger partial charge in [-0.2, -0.15) is 0 Å². The number of fused-ring (bicyclic) bond motifs is 1. The fourth-order valence-electron chi connectivity index (χ4n) is 2.20. The first kappa shape index (κ1) is 18.3. The summed E-state index contributed by atoms with van der Waals surface area (Å²) < 4.78 is 0.877. The summed E-state index contributed by atoms with van der Waals surface area (Å²) in [7, 11) is 0. The highest BCUT2D eigenvalue weighted by molar-refractivity contribution is 9.10. The van der Waals surface area contributed by atoms with Crippen LogP contribution in [0.2, 0.25) is 0 Å². The number of halogens is 1. The maximum absolute atomic E-state index is 12.4. The van der Waals surface area contributed by atoms with Crippen LogP contribution in [0.5, 0.6) is 0 Å². The molecule has 0 spiro atoms. The van der Waals surface area contributed by atoms with Crippen molar-refractivity contribution < 1.29 is 9.72 Å². The largest absolute Gasteiger partial charge is 0.331 e. The number of carbonyl (C=O) groups excluding carboxylic acids is 1. The van der Waals surface area contributed by atoms with Gasteiger partial charge in [-0.25, -0.2) is 9.97 Å². The van der Waals surface area contributed by atoms with Crippen LogP contribution in [0.25, 0.3) is 11.2 Å². The molecule has 0 aliphatic heterocycles. The van der Waals surface area contributed by atoms with Gasteiger partial charge in [0, 0.05) is 22.3 Å². The lowest BCUT2D eigenvalue weighted by molar-refractivity contribution is -0.384. The maximum atomic E-state index is 12.4. The Morgan fingerprint density at radius 2 is 2.15 bits per heavy atom. The molecule has 1 amide bonds. The van der Waals surface area contributed by atoms with E-state index in [1.165, 1.54) is 30.0 Å². The van der Waals surface area contributed by atoms with Crippen molar-refractivity contribution in [3.8, 4) is 0 Å². The van der Waals surface area contributed by atoms with Gasteiger partial charge in [-0.15, -0.1) is 0 Å². The van der Waals surface area contributed by atoms with Gasteiger partial charge in [0.05, 0.1) is 21.4 Å². The van der Waals surface area contributed by atoms with Gasteiger partial charge in [0.15, 0.2) is 10.8 Å². The van der Waals surface area contributed by atoms with Gasteiger partial charge in [-0.3, -0.25) is 14.9 Å². The van der Waals surface area contributed by atoms with Crippen molar-refractivity contribution in [2.45, 2.75) is 24.3 Å². The van der Waals surface area contributed by atoms with Crippen LogP contribution >= 0.6 is 27.7 Å². The molecule has 134 valence electrons. The minimum atomic E-state index is -0.505. The van der Waals surface area contributed by atoms with Gasteiger partial charge in [0.2, 0.25) is 5.91 Å². The zero-order valence-corrected chi connectivity index (χ0v) is 16.2. The molecule has 0 radical (unpaired) electrons. The molecule has 3 aromatic rings. The molecule has 1 aromatic carbocycles. The number of benzene rings is 1. The van der Waals surface area contributed by atoms with Gasteiger partial charge < -0.3 is 10.3 Å². The van der Waals surface area contributed by atoms with Crippen molar-refractivity contribution in [2.24, 2.45) is 0 Å². The number of nitrogens with one attached hydrogen (secondary N) is 2. The Kier molecular flexibility index (Phi) is 5.23. The Labute approximate surface area is 161 Å². The average molecular weight is 436 g/mol. The predicted molar refractivity (Wildman–Crippen MR) is 103 cm³/mol. The fraction of sp³-hybridized carbons (Fsp3) is 0.188. The van der Waals surface area contributed by atoms with E-state index in [0.717, 1.165) is 15.7 Å². The molecule has 0 aliphatic carbocycles. The third-order valence-electron chi connectivity index (χ3n) is 3.56. The molecule has 0 saturated heterocycles. The molecule has 2 heterocycles. The summed E-state index contributed by atoms with van der Waals surface area (Å²) in [4.78, 5) is 34.6. The molecule has 0 saturated carbocycles. The Morgan fingerprint density at radius 3 is 2.88 bits per heavy atom. The van der Waals surface area contributed by atoms with Crippen LogP contribution in [-0.4, -0.2) is 31.0 Å². The molecule has 0 aliphatic rings. The number of nitro benzene ring substituents is 1. The molecule has 0 fully saturated rings. The SMILES string of the molecule is Cc1nc2nc(SC(C)C(=O)Nc3cccc([N+](=O)[O-])c3)[nH]c2cc1Br. The van der Waals surface area contributed by atoms with Crippen LogP contribution in [0.1, 0.15) is 12.6 Å². The number of hydrogen-bond acceptors (Lipinski definition) is 6. The van der Waals surface area contributed by atoms with Crippen LogP contribution in [-0.2, 0) is 4.79 Å². The lowest BCUT2D eigenvalue weighted by atomic mass is 10.2. The van der Waals surface area contributed by atoms with Crippen molar-refractivity contribution in [3.63, 3.8) is 0 Å². The zero-order chi connectivity index (χ0) is 18.8. The normalized spacial score (nSPS) is 12.1. The quantitative estimate of drug-likeness (QED) is 0.354. The Hall–Kier alpha value is -2.46. The van der Waals surface area contributed by atoms with Crippen molar-refractivity contribution >= 4 is 56.1 Å². The van der Waals surface area contributed by atoms with E-state index >= 15 is 0 Å². The number of amides is 1. The minimum absolute atomic E-state index is 0.0765. The number of aromatic nitrogens is 3. The van der Waals surface area contributed by atoms with E-state index in [9.17, 15) is 14.9 Å². The summed E-state index contributed by atoms with van der Waals surface area (Å²) in [6.07, 6.45) is 0. The Morgan fingerprint density at radius 1 is 1.38 bits per heavy atom. The van der Waals surface area contributed by atoms with E-state index in [4.69, 9.17) is 0 Å². The number of hydrogen-bond donors (Lipinski definition) is 2. The highest BCUT2D eigenvalue weighted by atomic mass is 79.9. The van der Waals surface area contributed by atoms with E-state index in [1.54, 1.807) is 13.0 Å². The predicted octanol–water partition coefficient (Wildman–Crippen LogP) is 4.06. The first-order chi connectivity index (χ1) is 12.3. The van der Waals surface area contributed by atoms with E-state index < -0.39 is 10.2 Å². The van der Waals surface area contributed by atoms with Gasteiger partial charge in [0.25, 0.3) is 5.69 Å². The second-order valence-corrected chi connectivity index (χ2v) is 7.71.